The quantitative estimate of drug-likeness (QED) is 0.862. The average molecular weight is 313 g/mol. The van der Waals surface area contributed by atoms with Crippen molar-refractivity contribution >= 4 is 34.7 Å². The Balaban J connectivity index is 2.19. The summed E-state index contributed by atoms with van der Waals surface area (Å²) >= 11 is 9.46. The van der Waals surface area contributed by atoms with Crippen molar-refractivity contribution in [3.63, 3.8) is 0 Å². The molecule has 0 amide bonds. The lowest BCUT2D eigenvalue weighted by molar-refractivity contribution is 0.585. The van der Waals surface area contributed by atoms with Gasteiger partial charge in [-0.2, -0.15) is 0 Å². The molecule has 0 aliphatic rings. The van der Waals surface area contributed by atoms with Crippen molar-refractivity contribution in [1.29, 1.82) is 0 Å². The van der Waals surface area contributed by atoms with Gasteiger partial charge in [-0.3, -0.25) is 0 Å². The number of rotatable bonds is 5. The van der Waals surface area contributed by atoms with Crippen molar-refractivity contribution in [2.45, 2.75) is 42.6 Å². The zero-order chi connectivity index (χ0) is 13.8. The van der Waals surface area contributed by atoms with Crippen LogP contribution in [-0.2, 0) is 6.54 Å². The highest BCUT2D eigenvalue weighted by molar-refractivity contribution is 8.01. The van der Waals surface area contributed by atoms with E-state index in [1.54, 1.807) is 23.1 Å². The highest BCUT2D eigenvalue weighted by atomic mass is 35.5. The minimum atomic E-state index is 0.468. The fourth-order valence-electron chi connectivity index (χ4n) is 1.56. The summed E-state index contributed by atoms with van der Waals surface area (Å²) < 4.78 is 1.06. The van der Waals surface area contributed by atoms with Crippen molar-refractivity contribution in [2.24, 2.45) is 0 Å². The predicted octanol–water partition coefficient (Wildman–Crippen LogP) is 4.75. The Morgan fingerprint density at radius 1 is 1.42 bits per heavy atom. The highest BCUT2D eigenvalue weighted by Gasteiger charge is 2.08. The van der Waals surface area contributed by atoms with Gasteiger partial charge in [-0.1, -0.05) is 43.3 Å². The fourth-order valence-corrected chi connectivity index (χ4v) is 3.76. The van der Waals surface area contributed by atoms with Gasteiger partial charge in [-0.05, 0) is 24.6 Å². The largest absolute Gasteiger partial charge is 0.310 e. The summed E-state index contributed by atoms with van der Waals surface area (Å²) in [4.78, 5) is 5.67. The number of nitrogens with one attached hydrogen (secondary N) is 1. The molecule has 0 spiro atoms. The maximum atomic E-state index is 6.10. The zero-order valence-corrected chi connectivity index (χ0v) is 13.6. The number of halogens is 1. The van der Waals surface area contributed by atoms with Crippen LogP contribution in [0.5, 0.6) is 0 Å². The Morgan fingerprint density at radius 3 is 2.84 bits per heavy atom. The van der Waals surface area contributed by atoms with Gasteiger partial charge in [0.1, 0.15) is 0 Å². The summed E-state index contributed by atoms with van der Waals surface area (Å²) in [5.74, 6) is 0. The topological polar surface area (TPSA) is 24.9 Å². The second kappa shape index (κ2) is 6.75. The van der Waals surface area contributed by atoms with Gasteiger partial charge in [-0.15, -0.1) is 11.3 Å². The Bertz CT molecular complexity index is 552. The van der Waals surface area contributed by atoms with Crippen molar-refractivity contribution < 1.29 is 0 Å². The lowest BCUT2D eigenvalue weighted by atomic mass is 10.2. The SMILES string of the molecule is Cc1csc(Sc2cc(Cl)ccc2CNC(C)C)n1. The van der Waals surface area contributed by atoms with Crippen LogP contribution >= 0.6 is 34.7 Å². The standard InChI is InChI=1S/C14H17ClN2S2/c1-9(2)16-7-11-4-5-12(15)6-13(11)19-14-17-10(3)8-18-14/h4-6,8-9,16H,7H2,1-3H3. The van der Waals surface area contributed by atoms with E-state index in [1.807, 2.05) is 19.1 Å². The van der Waals surface area contributed by atoms with Crippen LogP contribution in [0, 0.1) is 6.92 Å². The van der Waals surface area contributed by atoms with E-state index >= 15 is 0 Å². The number of thiazole rings is 1. The smallest absolute Gasteiger partial charge is 0.154 e. The van der Waals surface area contributed by atoms with Gasteiger partial charge in [0, 0.05) is 33.6 Å². The van der Waals surface area contributed by atoms with Gasteiger partial charge >= 0.3 is 0 Å². The molecule has 2 nitrogen and oxygen atoms in total. The first-order chi connectivity index (χ1) is 9.04. The molecule has 2 aromatic rings. The first-order valence-corrected chi connectivity index (χ1v) is 8.24. The second-order valence-electron chi connectivity index (χ2n) is 4.64. The molecule has 0 aliphatic heterocycles. The van der Waals surface area contributed by atoms with E-state index < -0.39 is 0 Å². The molecule has 19 heavy (non-hydrogen) atoms. The number of aryl methyl sites for hydroxylation is 1. The molecule has 0 bridgehead atoms. The maximum Gasteiger partial charge on any atom is 0.154 e. The van der Waals surface area contributed by atoms with Crippen LogP contribution in [-0.4, -0.2) is 11.0 Å². The van der Waals surface area contributed by atoms with Gasteiger partial charge in [0.15, 0.2) is 4.34 Å². The third-order valence-corrected chi connectivity index (χ3v) is 4.92. The van der Waals surface area contributed by atoms with E-state index in [0.717, 1.165) is 21.6 Å². The maximum absolute atomic E-state index is 6.10. The molecule has 5 heteroatoms. The molecular weight excluding hydrogens is 296 g/mol. The van der Waals surface area contributed by atoms with Crippen molar-refractivity contribution in [3.8, 4) is 0 Å². The first kappa shape index (κ1) is 14.9. The number of hydrogen-bond donors (Lipinski definition) is 1. The van der Waals surface area contributed by atoms with E-state index in [2.05, 4.69) is 35.6 Å². The summed E-state index contributed by atoms with van der Waals surface area (Å²) in [7, 11) is 0. The molecule has 0 atom stereocenters. The van der Waals surface area contributed by atoms with Crippen LogP contribution in [0.4, 0.5) is 0 Å². The number of aromatic nitrogens is 1. The third kappa shape index (κ3) is 4.49. The van der Waals surface area contributed by atoms with Gasteiger partial charge in [0.05, 0.1) is 0 Å². The molecule has 0 radical (unpaired) electrons. The fraction of sp³-hybridized carbons (Fsp3) is 0.357. The van der Waals surface area contributed by atoms with E-state index in [9.17, 15) is 0 Å². The van der Waals surface area contributed by atoms with Gasteiger partial charge < -0.3 is 5.32 Å². The Kier molecular flexibility index (Phi) is 5.28. The molecule has 1 aromatic carbocycles. The lowest BCUT2D eigenvalue weighted by Crippen LogP contribution is -2.22. The van der Waals surface area contributed by atoms with E-state index in [4.69, 9.17) is 11.6 Å². The molecule has 0 fully saturated rings. The van der Waals surface area contributed by atoms with E-state index in [0.29, 0.717) is 6.04 Å². The van der Waals surface area contributed by atoms with Crippen LogP contribution in [0.2, 0.25) is 5.02 Å². The van der Waals surface area contributed by atoms with Crippen LogP contribution in [0.15, 0.2) is 32.8 Å². The van der Waals surface area contributed by atoms with Crippen LogP contribution in [0.1, 0.15) is 25.1 Å². The molecule has 102 valence electrons. The normalized spacial score (nSPS) is 11.2. The summed E-state index contributed by atoms with van der Waals surface area (Å²) in [5.41, 5.74) is 2.33. The molecule has 0 saturated heterocycles. The van der Waals surface area contributed by atoms with Crippen molar-refractivity contribution in [3.05, 3.63) is 39.9 Å². The number of nitrogens with zero attached hydrogens (tertiary/aromatic N) is 1. The zero-order valence-electron chi connectivity index (χ0n) is 11.2. The van der Waals surface area contributed by atoms with Gasteiger partial charge in [0.2, 0.25) is 0 Å². The molecule has 0 aliphatic carbocycles. The molecule has 1 heterocycles. The van der Waals surface area contributed by atoms with Gasteiger partial charge in [-0.25, -0.2) is 4.98 Å². The summed E-state index contributed by atoms with van der Waals surface area (Å²) in [5, 5.41) is 6.28. The predicted molar refractivity (Wildman–Crippen MR) is 84.4 cm³/mol. The monoisotopic (exact) mass is 312 g/mol. The first-order valence-electron chi connectivity index (χ1n) is 6.16. The minimum absolute atomic E-state index is 0.468. The highest BCUT2D eigenvalue weighted by Crippen LogP contribution is 2.34. The minimum Gasteiger partial charge on any atom is -0.310 e. The molecular formula is C14H17ClN2S2. The second-order valence-corrected chi connectivity index (χ2v) is 7.23. The van der Waals surface area contributed by atoms with E-state index in [1.165, 1.54) is 10.5 Å². The average Bonchev–Trinajstić information content (AvgIpc) is 2.73. The molecule has 2 rings (SSSR count). The third-order valence-electron chi connectivity index (χ3n) is 2.53. The summed E-state index contributed by atoms with van der Waals surface area (Å²) in [6, 6.07) is 6.51. The Hall–Kier alpha value is -0.550. The Labute approximate surface area is 127 Å². The van der Waals surface area contributed by atoms with Crippen LogP contribution in [0.25, 0.3) is 0 Å². The number of benzene rings is 1. The molecule has 1 aromatic heterocycles. The van der Waals surface area contributed by atoms with Crippen molar-refractivity contribution in [2.75, 3.05) is 0 Å². The van der Waals surface area contributed by atoms with Crippen LogP contribution < -0.4 is 5.32 Å². The molecule has 0 saturated carbocycles. The summed E-state index contributed by atoms with van der Waals surface area (Å²) in [6.07, 6.45) is 0. The Morgan fingerprint density at radius 2 is 2.21 bits per heavy atom. The lowest BCUT2D eigenvalue weighted by Gasteiger charge is -2.12. The van der Waals surface area contributed by atoms with E-state index in [-0.39, 0.29) is 0 Å². The van der Waals surface area contributed by atoms with Gasteiger partial charge in [0.25, 0.3) is 0 Å². The number of hydrogen-bond acceptors (Lipinski definition) is 4. The summed E-state index contributed by atoms with van der Waals surface area (Å²) in [6.45, 7) is 7.15. The van der Waals surface area contributed by atoms with Crippen molar-refractivity contribution in [1.82, 2.24) is 10.3 Å². The molecule has 0 unspecified atom stereocenters. The van der Waals surface area contributed by atoms with Crippen LogP contribution in [0.3, 0.4) is 0 Å². The molecule has 1 N–H and O–H groups in total.